The molecule has 4 heteroatoms. The molecule has 13 heavy (non-hydrogen) atoms. The van der Waals surface area contributed by atoms with Gasteiger partial charge >= 0.3 is 0 Å². The van der Waals surface area contributed by atoms with Crippen LogP contribution in [0, 0.1) is 0 Å². The molecule has 0 fully saturated rings. The molecule has 0 aliphatic carbocycles. The minimum atomic E-state index is -0.174. The van der Waals surface area contributed by atoms with Gasteiger partial charge in [0.1, 0.15) is 5.15 Å². The standard InChI is InChI=1S/C9H9ClN2O/c1-6(11-2)9(13)7-3-4-12-8(10)5-7/h3-5,11H,1H2,2H3. The van der Waals surface area contributed by atoms with Crippen LogP contribution in [0.4, 0.5) is 0 Å². The van der Waals surface area contributed by atoms with Crippen molar-refractivity contribution in [3.63, 3.8) is 0 Å². The number of hydrogen-bond acceptors (Lipinski definition) is 3. The predicted octanol–water partition coefficient (Wildman–Crippen LogP) is 1.65. The first-order chi connectivity index (χ1) is 6.15. The van der Waals surface area contributed by atoms with Crippen molar-refractivity contribution >= 4 is 17.4 Å². The number of hydrogen-bond donors (Lipinski definition) is 1. The van der Waals surface area contributed by atoms with Gasteiger partial charge in [0.25, 0.3) is 0 Å². The number of allylic oxidation sites excluding steroid dienone is 1. The zero-order chi connectivity index (χ0) is 9.84. The van der Waals surface area contributed by atoms with Crippen LogP contribution in [-0.2, 0) is 0 Å². The van der Waals surface area contributed by atoms with Crippen LogP contribution >= 0.6 is 11.6 Å². The second-order valence-electron chi connectivity index (χ2n) is 2.42. The van der Waals surface area contributed by atoms with Crippen LogP contribution < -0.4 is 5.32 Å². The molecule has 0 amide bonds. The molecule has 0 aliphatic rings. The zero-order valence-electron chi connectivity index (χ0n) is 7.17. The molecule has 0 aromatic carbocycles. The number of aromatic nitrogens is 1. The normalized spacial score (nSPS) is 9.38. The fraction of sp³-hybridized carbons (Fsp3) is 0.111. The molecule has 3 nitrogen and oxygen atoms in total. The summed E-state index contributed by atoms with van der Waals surface area (Å²) in [7, 11) is 1.64. The lowest BCUT2D eigenvalue weighted by Crippen LogP contribution is -2.14. The Bertz CT molecular complexity index is 349. The van der Waals surface area contributed by atoms with Crippen LogP contribution in [-0.4, -0.2) is 17.8 Å². The molecule has 68 valence electrons. The topological polar surface area (TPSA) is 42.0 Å². The third-order valence-electron chi connectivity index (χ3n) is 1.56. The lowest BCUT2D eigenvalue weighted by molar-refractivity contribution is 0.102. The molecule has 0 bridgehead atoms. The second kappa shape index (κ2) is 4.05. The Morgan fingerprint density at radius 2 is 2.38 bits per heavy atom. The quantitative estimate of drug-likeness (QED) is 0.454. The van der Waals surface area contributed by atoms with Crippen molar-refractivity contribution in [3.8, 4) is 0 Å². The lowest BCUT2D eigenvalue weighted by Gasteiger charge is -2.02. The van der Waals surface area contributed by atoms with Crippen molar-refractivity contribution in [3.05, 3.63) is 41.3 Å². The molecule has 1 rings (SSSR count). The lowest BCUT2D eigenvalue weighted by atomic mass is 10.1. The maximum atomic E-state index is 11.5. The maximum absolute atomic E-state index is 11.5. The van der Waals surface area contributed by atoms with Crippen molar-refractivity contribution in [1.29, 1.82) is 0 Å². The number of carbonyl (C=O) groups excluding carboxylic acids is 1. The molecule has 0 atom stereocenters. The van der Waals surface area contributed by atoms with Gasteiger partial charge in [-0.15, -0.1) is 0 Å². The van der Waals surface area contributed by atoms with Gasteiger partial charge in [0.15, 0.2) is 0 Å². The highest BCUT2D eigenvalue weighted by atomic mass is 35.5. The van der Waals surface area contributed by atoms with Gasteiger partial charge in [-0.1, -0.05) is 18.2 Å². The van der Waals surface area contributed by atoms with Crippen molar-refractivity contribution in [2.24, 2.45) is 0 Å². The fourth-order valence-electron chi connectivity index (χ4n) is 0.831. The average Bonchev–Trinajstić information content (AvgIpc) is 2.15. The zero-order valence-corrected chi connectivity index (χ0v) is 7.93. The molecule has 0 radical (unpaired) electrons. The number of pyridine rings is 1. The summed E-state index contributed by atoms with van der Waals surface area (Å²) in [6.07, 6.45) is 1.48. The van der Waals surface area contributed by atoms with Gasteiger partial charge in [0, 0.05) is 18.8 Å². The third kappa shape index (κ3) is 2.29. The highest BCUT2D eigenvalue weighted by Gasteiger charge is 2.08. The molecule has 0 saturated heterocycles. The smallest absolute Gasteiger partial charge is 0.208 e. The van der Waals surface area contributed by atoms with E-state index in [1.165, 1.54) is 12.3 Å². The second-order valence-corrected chi connectivity index (χ2v) is 2.81. The molecular formula is C9H9ClN2O. The Morgan fingerprint density at radius 1 is 1.69 bits per heavy atom. The molecule has 0 unspecified atom stereocenters. The number of carbonyl (C=O) groups is 1. The van der Waals surface area contributed by atoms with Crippen molar-refractivity contribution < 1.29 is 4.79 Å². The number of ketones is 1. The summed E-state index contributed by atoms with van der Waals surface area (Å²) in [5.74, 6) is -0.174. The molecule has 0 spiro atoms. The van der Waals surface area contributed by atoms with E-state index in [4.69, 9.17) is 11.6 Å². The van der Waals surface area contributed by atoms with Crippen molar-refractivity contribution in [2.75, 3.05) is 7.05 Å². The van der Waals surface area contributed by atoms with Gasteiger partial charge in [-0.2, -0.15) is 0 Å². The molecule has 1 aromatic rings. The van der Waals surface area contributed by atoms with E-state index in [0.717, 1.165) is 0 Å². The monoisotopic (exact) mass is 196 g/mol. The molecule has 0 saturated carbocycles. The molecule has 1 N–H and O–H groups in total. The highest BCUT2D eigenvalue weighted by molar-refractivity contribution is 6.29. The Balaban J connectivity index is 2.95. The summed E-state index contributed by atoms with van der Waals surface area (Å²) >= 11 is 5.62. The number of Topliss-reactive ketones (excluding diaryl/α,β-unsaturated/α-hetero) is 1. The minimum Gasteiger partial charge on any atom is -0.385 e. The van der Waals surface area contributed by atoms with E-state index in [-0.39, 0.29) is 5.78 Å². The van der Waals surface area contributed by atoms with E-state index >= 15 is 0 Å². The van der Waals surface area contributed by atoms with E-state index in [0.29, 0.717) is 16.4 Å². The van der Waals surface area contributed by atoms with Crippen LogP contribution in [0.5, 0.6) is 0 Å². The largest absolute Gasteiger partial charge is 0.385 e. The highest BCUT2D eigenvalue weighted by Crippen LogP contribution is 2.09. The summed E-state index contributed by atoms with van der Waals surface area (Å²) in [5.41, 5.74) is 0.821. The SMILES string of the molecule is C=C(NC)C(=O)c1ccnc(Cl)c1. The number of likely N-dealkylation sites (N-methyl/N-ethyl adjacent to an activating group) is 1. The van der Waals surface area contributed by atoms with Crippen LogP contribution in [0.3, 0.4) is 0 Å². The summed E-state index contributed by atoms with van der Waals surface area (Å²) in [6.45, 7) is 3.56. The van der Waals surface area contributed by atoms with Gasteiger partial charge in [0.05, 0.1) is 5.70 Å². The fourth-order valence-corrected chi connectivity index (χ4v) is 1.01. The number of rotatable bonds is 3. The minimum absolute atomic E-state index is 0.174. The van der Waals surface area contributed by atoms with E-state index in [9.17, 15) is 4.79 Å². The van der Waals surface area contributed by atoms with Crippen LogP contribution in [0.1, 0.15) is 10.4 Å². The molecule has 0 aliphatic heterocycles. The number of nitrogens with zero attached hydrogens (tertiary/aromatic N) is 1. The molecule has 1 heterocycles. The Hall–Kier alpha value is -1.35. The van der Waals surface area contributed by atoms with Gasteiger partial charge in [-0.05, 0) is 12.1 Å². The van der Waals surface area contributed by atoms with Gasteiger partial charge in [-0.25, -0.2) is 4.98 Å². The Labute approximate surface area is 81.4 Å². The predicted molar refractivity (Wildman–Crippen MR) is 51.8 cm³/mol. The maximum Gasteiger partial charge on any atom is 0.208 e. The van der Waals surface area contributed by atoms with Gasteiger partial charge < -0.3 is 5.32 Å². The Kier molecular flexibility index (Phi) is 3.03. The first kappa shape index (κ1) is 9.74. The molecule has 1 aromatic heterocycles. The summed E-state index contributed by atoms with van der Waals surface area (Å²) in [4.78, 5) is 15.2. The number of nitrogens with one attached hydrogen (secondary N) is 1. The third-order valence-corrected chi connectivity index (χ3v) is 1.77. The average molecular weight is 197 g/mol. The van der Waals surface area contributed by atoms with E-state index in [2.05, 4.69) is 16.9 Å². The van der Waals surface area contributed by atoms with E-state index in [1.807, 2.05) is 0 Å². The van der Waals surface area contributed by atoms with Crippen molar-refractivity contribution in [1.82, 2.24) is 10.3 Å². The van der Waals surface area contributed by atoms with Gasteiger partial charge in [-0.3, -0.25) is 4.79 Å². The van der Waals surface area contributed by atoms with Crippen molar-refractivity contribution in [2.45, 2.75) is 0 Å². The van der Waals surface area contributed by atoms with Gasteiger partial charge in [0.2, 0.25) is 5.78 Å². The molecular weight excluding hydrogens is 188 g/mol. The van der Waals surface area contributed by atoms with Crippen LogP contribution in [0.15, 0.2) is 30.6 Å². The summed E-state index contributed by atoms with van der Waals surface area (Å²) in [6, 6.07) is 3.10. The number of halogens is 1. The first-order valence-electron chi connectivity index (χ1n) is 3.68. The summed E-state index contributed by atoms with van der Waals surface area (Å²) in [5, 5.41) is 2.98. The Morgan fingerprint density at radius 3 is 2.92 bits per heavy atom. The van der Waals surface area contributed by atoms with Crippen LogP contribution in [0.2, 0.25) is 5.15 Å². The first-order valence-corrected chi connectivity index (χ1v) is 4.06. The van der Waals surface area contributed by atoms with E-state index < -0.39 is 0 Å². The van der Waals surface area contributed by atoms with Crippen LogP contribution in [0.25, 0.3) is 0 Å². The van der Waals surface area contributed by atoms with E-state index in [1.54, 1.807) is 13.1 Å². The summed E-state index contributed by atoms with van der Waals surface area (Å²) < 4.78 is 0.